The lowest BCUT2D eigenvalue weighted by Gasteiger charge is -2.13. The summed E-state index contributed by atoms with van der Waals surface area (Å²) in [6.07, 6.45) is 6.53. The quantitative estimate of drug-likeness (QED) is 0.692. The van der Waals surface area contributed by atoms with Gasteiger partial charge in [0, 0.05) is 18.8 Å². The molecule has 19 heavy (non-hydrogen) atoms. The minimum Gasteiger partial charge on any atom is -0.373 e. The van der Waals surface area contributed by atoms with E-state index < -0.39 is 0 Å². The smallest absolute Gasteiger partial charge is 0.156 e. The Balaban J connectivity index is 2.33. The van der Waals surface area contributed by atoms with E-state index in [1.807, 2.05) is 20.0 Å². The number of unbranched alkanes of at least 4 members (excludes halogenated alkanes) is 3. The number of ether oxygens (including phenoxy) is 1. The highest BCUT2D eigenvalue weighted by atomic mass is 16.5. The first-order valence-corrected chi connectivity index (χ1v) is 7.29. The summed E-state index contributed by atoms with van der Waals surface area (Å²) in [4.78, 5) is 8.77. The molecule has 0 fully saturated rings. The average Bonchev–Trinajstić information content (AvgIpc) is 2.40. The van der Waals surface area contributed by atoms with Crippen molar-refractivity contribution in [2.45, 2.75) is 65.6 Å². The summed E-state index contributed by atoms with van der Waals surface area (Å²) < 4.78 is 5.81. The molecule has 0 aliphatic heterocycles. The lowest BCUT2D eigenvalue weighted by molar-refractivity contribution is 0.0419. The van der Waals surface area contributed by atoms with Gasteiger partial charge in [0.2, 0.25) is 0 Å². The van der Waals surface area contributed by atoms with E-state index in [0.717, 1.165) is 23.8 Å². The summed E-state index contributed by atoms with van der Waals surface area (Å²) in [5.74, 6) is 1.60. The number of rotatable bonds is 9. The van der Waals surface area contributed by atoms with Gasteiger partial charge in [-0.25, -0.2) is 9.97 Å². The number of hydrogen-bond donors (Lipinski definition) is 1. The van der Waals surface area contributed by atoms with E-state index in [1.165, 1.54) is 25.7 Å². The average molecular weight is 265 g/mol. The second-order valence-corrected chi connectivity index (χ2v) is 5.03. The van der Waals surface area contributed by atoms with E-state index in [1.54, 1.807) is 0 Å². The maximum atomic E-state index is 5.81. The molecule has 0 bridgehead atoms. The summed E-state index contributed by atoms with van der Waals surface area (Å²) in [5.41, 5.74) is 0.966. The Morgan fingerprint density at radius 3 is 2.74 bits per heavy atom. The van der Waals surface area contributed by atoms with Crippen LogP contribution >= 0.6 is 0 Å². The Hall–Kier alpha value is -1.16. The van der Waals surface area contributed by atoms with Gasteiger partial charge in [0.1, 0.15) is 12.4 Å². The minimum atomic E-state index is 0.277. The second kappa shape index (κ2) is 8.86. The van der Waals surface area contributed by atoms with Crippen LogP contribution in [0.4, 0.5) is 5.82 Å². The normalized spacial score (nSPS) is 12.4. The third-order valence-corrected chi connectivity index (χ3v) is 3.12. The summed E-state index contributed by atoms with van der Waals surface area (Å²) in [7, 11) is 1.86. The molecule has 0 radical (unpaired) electrons. The van der Waals surface area contributed by atoms with Gasteiger partial charge in [-0.15, -0.1) is 0 Å². The molecule has 108 valence electrons. The van der Waals surface area contributed by atoms with Gasteiger partial charge >= 0.3 is 0 Å². The predicted molar refractivity (Wildman–Crippen MR) is 79.3 cm³/mol. The molecular weight excluding hydrogens is 238 g/mol. The number of nitrogens with zero attached hydrogens (tertiary/aromatic N) is 2. The Morgan fingerprint density at radius 1 is 1.26 bits per heavy atom. The first-order chi connectivity index (χ1) is 9.15. The highest BCUT2D eigenvalue weighted by Gasteiger charge is 2.06. The number of nitrogens with one attached hydrogen (secondary N) is 1. The topological polar surface area (TPSA) is 47.0 Å². The van der Waals surface area contributed by atoms with Crippen LogP contribution in [0.25, 0.3) is 0 Å². The Morgan fingerprint density at radius 2 is 2.05 bits per heavy atom. The van der Waals surface area contributed by atoms with Crippen molar-refractivity contribution in [1.29, 1.82) is 0 Å². The molecule has 1 atom stereocenters. The van der Waals surface area contributed by atoms with Crippen LogP contribution in [-0.2, 0) is 11.3 Å². The SMILES string of the molecule is CCCCCCC(C)OCc1nc(C)cc(NC)n1. The van der Waals surface area contributed by atoms with Crippen molar-refractivity contribution in [2.24, 2.45) is 0 Å². The number of hydrogen-bond acceptors (Lipinski definition) is 4. The second-order valence-electron chi connectivity index (χ2n) is 5.03. The molecule has 0 aliphatic rings. The molecule has 1 heterocycles. The Labute approximate surface area is 117 Å². The van der Waals surface area contributed by atoms with E-state index in [9.17, 15) is 0 Å². The van der Waals surface area contributed by atoms with E-state index >= 15 is 0 Å². The lowest BCUT2D eigenvalue weighted by atomic mass is 10.1. The van der Waals surface area contributed by atoms with Gasteiger partial charge in [-0.05, 0) is 20.3 Å². The Bertz CT molecular complexity index is 368. The van der Waals surface area contributed by atoms with Crippen molar-refractivity contribution in [2.75, 3.05) is 12.4 Å². The van der Waals surface area contributed by atoms with Crippen LogP contribution in [0.2, 0.25) is 0 Å². The summed E-state index contributed by atoms with van der Waals surface area (Å²) >= 11 is 0. The first kappa shape index (κ1) is 15.9. The zero-order valence-electron chi connectivity index (χ0n) is 12.7. The van der Waals surface area contributed by atoms with E-state index in [4.69, 9.17) is 4.74 Å². The maximum absolute atomic E-state index is 5.81. The summed E-state index contributed by atoms with van der Waals surface area (Å²) in [5, 5.41) is 3.04. The molecule has 0 amide bonds. The van der Waals surface area contributed by atoms with E-state index in [2.05, 4.69) is 29.1 Å². The fourth-order valence-electron chi connectivity index (χ4n) is 1.98. The standard InChI is InChI=1S/C15H27N3O/c1-5-6-7-8-9-13(3)19-11-15-17-12(2)10-14(16-4)18-15/h10,13H,5-9,11H2,1-4H3,(H,16,17,18). The van der Waals surface area contributed by atoms with Crippen LogP contribution in [0.3, 0.4) is 0 Å². The molecule has 4 heteroatoms. The van der Waals surface area contributed by atoms with Gasteiger partial charge in [0.05, 0.1) is 6.10 Å². The van der Waals surface area contributed by atoms with Crippen LogP contribution < -0.4 is 5.32 Å². The molecule has 0 saturated heterocycles. The molecule has 1 N–H and O–H groups in total. The van der Waals surface area contributed by atoms with Crippen molar-refractivity contribution >= 4 is 5.82 Å². The van der Waals surface area contributed by atoms with Gasteiger partial charge in [0.25, 0.3) is 0 Å². The van der Waals surface area contributed by atoms with Gasteiger partial charge in [-0.2, -0.15) is 0 Å². The van der Waals surface area contributed by atoms with Crippen LogP contribution in [-0.4, -0.2) is 23.1 Å². The highest BCUT2D eigenvalue weighted by molar-refractivity contribution is 5.34. The number of aryl methyl sites for hydroxylation is 1. The third-order valence-electron chi connectivity index (χ3n) is 3.12. The predicted octanol–water partition coefficient (Wildman–Crippen LogP) is 3.70. The Kier molecular flexibility index (Phi) is 7.41. The van der Waals surface area contributed by atoms with Crippen molar-refractivity contribution in [3.63, 3.8) is 0 Å². The molecule has 1 rings (SSSR count). The summed E-state index contributed by atoms with van der Waals surface area (Å²) in [6, 6.07) is 1.93. The zero-order valence-corrected chi connectivity index (χ0v) is 12.7. The zero-order chi connectivity index (χ0) is 14.1. The monoisotopic (exact) mass is 265 g/mol. The molecule has 1 aromatic heterocycles. The minimum absolute atomic E-state index is 0.277. The maximum Gasteiger partial charge on any atom is 0.156 e. The van der Waals surface area contributed by atoms with Crippen LogP contribution in [0, 0.1) is 6.92 Å². The van der Waals surface area contributed by atoms with Gasteiger partial charge in [-0.3, -0.25) is 0 Å². The largest absolute Gasteiger partial charge is 0.373 e. The molecule has 4 nitrogen and oxygen atoms in total. The van der Waals surface area contributed by atoms with Crippen LogP contribution in [0.1, 0.15) is 57.5 Å². The van der Waals surface area contributed by atoms with Crippen molar-refractivity contribution < 1.29 is 4.74 Å². The number of anilines is 1. The van der Waals surface area contributed by atoms with Gasteiger partial charge in [0.15, 0.2) is 5.82 Å². The molecule has 0 spiro atoms. The molecule has 0 aliphatic carbocycles. The number of aromatic nitrogens is 2. The highest BCUT2D eigenvalue weighted by Crippen LogP contribution is 2.11. The van der Waals surface area contributed by atoms with Crippen molar-refractivity contribution in [3.05, 3.63) is 17.6 Å². The molecule has 1 unspecified atom stereocenters. The van der Waals surface area contributed by atoms with Crippen LogP contribution in [0.15, 0.2) is 6.07 Å². The van der Waals surface area contributed by atoms with Crippen LogP contribution in [0.5, 0.6) is 0 Å². The lowest BCUT2D eigenvalue weighted by Crippen LogP contribution is -2.11. The molecular formula is C15H27N3O. The fourth-order valence-corrected chi connectivity index (χ4v) is 1.98. The van der Waals surface area contributed by atoms with Gasteiger partial charge in [-0.1, -0.05) is 32.6 Å². The fraction of sp³-hybridized carbons (Fsp3) is 0.733. The van der Waals surface area contributed by atoms with E-state index in [-0.39, 0.29) is 6.10 Å². The summed E-state index contributed by atoms with van der Waals surface area (Å²) in [6.45, 7) is 6.82. The van der Waals surface area contributed by atoms with Crippen molar-refractivity contribution in [3.8, 4) is 0 Å². The molecule has 0 saturated carbocycles. The first-order valence-electron chi connectivity index (χ1n) is 7.29. The van der Waals surface area contributed by atoms with Crippen molar-refractivity contribution in [1.82, 2.24) is 9.97 Å². The van der Waals surface area contributed by atoms with E-state index in [0.29, 0.717) is 6.61 Å². The molecule has 0 aromatic carbocycles. The van der Waals surface area contributed by atoms with Gasteiger partial charge < -0.3 is 10.1 Å². The molecule has 1 aromatic rings. The third kappa shape index (κ3) is 6.53.